The lowest BCUT2D eigenvalue weighted by molar-refractivity contribution is 0.526. The van der Waals surface area contributed by atoms with Crippen molar-refractivity contribution >= 4 is 0 Å². The lowest BCUT2D eigenvalue weighted by Gasteiger charge is -2.04. The van der Waals surface area contributed by atoms with Crippen molar-refractivity contribution in [1.29, 1.82) is 0 Å². The first-order valence-corrected chi connectivity index (χ1v) is 10.1. The summed E-state index contributed by atoms with van der Waals surface area (Å²) < 4.78 is 0. The predicted octanol–water partition coefficient (Wildman–Crippen LogP) is 7.16. The molecule has 23 heavy (non-hydrogen) atoms. The van der Waals surface area contributed by atoms with Gasteiger partial charge in [-0.05, 0) is 19.5 Å². The summed E-state index contributed by atoms with van der Waals surface area (Å²) in [5.41, 5.74) is 0. The van der Waals surface area contributed by atoms with E-state index in [2.05, 4.69) is 19.2 Å². The third-order valence-corrected chi connectivity index (χ3v) is 4.46. The van der Waals surface area contributed by atoms with E-state index < -0.39 is 0 Å². The molecule has 1 nitrogen and oxygen atoms in total. The molecule has 0 aliphatic carbocycles. The monoisotopic (exact) mass is 337 g/mol. The molecule has 0 bridgehead atoms. The van der Waals surface area contributed by atoms with Gasteiger partial charge in [0.25, 0.3) is 0 Å². The third-order valence-electron chi connectivity index (χ3n) is 4.46. The quantitative estimate of drug-likeness (QED) is 0.262. The molecule has 0 atom stereocenters. The van der Waals surface area contributed by atoms with E-state index in [4.69, 9.17) is 0 Å². The number of rotatable bonds is 18. The maximum absolute atomic E-state index is 3.40. The van der Waals surface area contributed by atoms with Crippen molar-refractivity contribution in [3.63, 3.8) is 0 Å². The zero-order valence-electron chi connectivity index (χ0n) is 16.0. The van der Waals surface area contributed by atoms with Crippen molar-refractivity contribution in [2.24, 2.45) is 0 Å². The third kappa shape index (κ3) is 27.0. The summed E-state index contributed by atoms with van der Waals surface area (Å²) in [6.45, 7) is 6.82. The van der Waals surface area contributed by atoms with Crippen LogP contribution in [0.1, 0.15) is 117 Å². The van der Waals surface area contributed by atoms with Crippen LogP contribution in [0.3, 0.4) is 0 Å². The fourth-order valence-electron chi connectivity index (χ4n) is 2.97. The van der Waals surface area contributed by atoms with Gasteiger partial charge in [-0.3, -0.25) is 9.41 Å². The molecule has 0 aromatic carbocycles. The molecule has 0 radical (unpaired) electrons. The van der Waals surface area contributed by atoms with Gasteiger partial charge in [-0.15, -0.1) is 0 Å². The second kappa shape index (κ2) is 26.7. The van der Waals surface area contributed by atoms with Gasteiger partial charge in [-0.2, -0.15) is 0 Å². The van der Waals surface area contributed by atoms with Gasteiger partial charge in [0.1, 0.15) is 0 Å². The van der Waals surface area contributed by atoms with E-state index in [1.54, 1.807) is 0 Å². The van der Waals surface area contributed by atoms with Gasteiger partial charge >= 0.3 is 0 Å². The fourth-order valence-corrected chi connectivity index (χ4v) is 2.97. The highest BCUT2D eigenvalue weighted by Gasteiger charge is 1.94. The number of hydrogen-bond acceptors (Lipinski definition) is 1. The largest absolute Gasteiger partial charge is 0.317 e. The Morgan fingerprint density at radius 3 is 1.04 bits per heavy atom. The minimum absolute atomic E-state index is 0. The van der Waals surface area contributed by atoms with Gasteiger partial charge in [-0.25, -0.2) is 0 Å². The highest BCUT2D eigenvalue weighted by molar-refractivity contribution is 4.50. The molecule has 0 rings (SSSR count). The molecule has 0 aromatic heterocycles. The van der Waals surface area contributed by atoms with Crippen LogP contribution < -0.4 is 5.32 Å². The van der Waals surface area contributed by atoms with Gasteiger partial charge in [0.2, 0.25) is 0 Å². The molecule has 0 aliphatic heterocycles. The summed E-state index contributed by atoms with van der Waals surface area (Å²) in [6.07, 6.45) is 23.3. The van der Waals surface area contributed by atoms with Crippen LogP contribution in [0.25, 0.3) is 0 Å². The Labute approximate surface area is 145 Å². The molecular formula is C20H45F2N. The maximum atomic E-state index is 3.40. The zero-order valence-corrected chi connectivity index (χ0v) is 16.0. The van der Waals surface area contributed by atoms with E-state index in [1.165, 1.54) is 109 Å². The molecule has 0 saturated carbocycles. The second-order valence-electron chi connectivity index (χ2n) is 6.66. The lowest BCUT2D eigenvalue weighted by atomic mass is 10.0. The van der Waals surface area contributed by atoms with Crippen LogP contribution in [0.4, 0.5) is 9.41 Å². The summed E-state index contributed by atoms with van der Waals surface area (Å²) in [7, 11) is 0. The predicted molar refractivity (Wildman–Crippen MR) is 103 cm³/mol. The van der Waals surface area contributed by atoms with Crippen LogP contribution in [-0.2, 0) is 0 Å². The number of unbranched alkanes of at least 4 members (excludes halogenated alkanes) is 15. The minimum Gasteiger partial charge on any atom is -0.317 e. The van der Waals surface area contributed by atoms with Gasteiger partial charge in [-0.1, -0.05) is 110 Å². The molecule has 3 heteroatoms. The molecule has 0 saturated heterocycles. The van der Waals surface area contributed by atoms with Gasteiger partial charge in [0, 0.05) is 0 Å². The Morgan fingerprint density at radius 2 is 0.739 bits per heavy atom. The van der Waals surface area contributed by atoms with E-state index in [1.807, 2.05) is 0 Å². The average molecular weight is 338 g/mol. The summed E-state index contributed by atoms with van der Waals surface area (Å²) in [6, 6.07) is 0. The average Bonchev–Trinajstić information content (AvgIpc) is 2.50. The van der Waals surface area contributed by atoms with E-state index in [0.717, 1.165) is 6.54 Å². The maximum Gasteiger partial charge on any atom is -0.00490 e. The number of nitrogens with one attached hydrogen (secondary N) is 1. The van der Waals surface area contributed by atoms with Crippen LogP contribution in [0.2, 0.25) is 0 Å². The number of halogens is 2. The SMILES string of the molecule is CCCCCCCCCCCCCCCCCCNCC.F.F. The standard InChI is InChI=1S/C20H43N.2FH/c1-3-5-6-7-8-9-10-11-12-13-14-15-16-17-18-19-20-21-4-2;;/h21H,3-20H2,1-2H3;2*1H. The topological polar surface area (TPSA) is 12.0 Å². The van der Waals surface area contributed by atoms with E-state index in [0.29, 0.717) is 0 Å². The first-order chi connectivity index (χ1) is 10.4. The Kier molecular flexibility index (Phi) is 32.1. The summed E-state index contributed by atoms with van der Waals surface area (Å²) in [5, 5.41) is 3.40. The van der Waals surface area contributed by atoms with Crippen LogP contribution in [0.15, 0.2) is 0 Å². The molecule has 0 aromatic rings. The summed E-state index contributed by atoms with van der Waals surface area (Å²) >= 11 is 0. The first-order valence-electron chi connectivity index (χ1n) is 10.1. The molecule has 144 valence electrons. The molecule has 0 aliphatic rings. The zero-order chi connectivity index (χ0) is 15.4. The van der Waals surface area contributed by atoms with Crippen molar-refractivity contribution in [3.8, 4) is 0 Å². The van der Waals surface area contributed by atoms with Crippen molar-refractivity contribution in [2.75, 3.05) is 13.1 Å². The second-order valence-corrected chi connectivity index (χ2v) is 6.66. The highest BCUT2D eigenvalue weighted by Crippen LogP contribution is 2.13. The molecule has 0 amide bonds. The summed E-state index contributed by atoms with van der Waals surface area (Å²) in [5.74, 6) is 0. The Bertz CT molecular complexity index is 159. The number of hydrogen-bond donors (Lipinski definition) is 1. The minimum atomic E-state index is 0. The molecule has 0 unspecified atom stereocenters. The normalized spacial score (nSPS) is 10.2. The molecule has 1 N–H and O–H groups in total. The molecule has 0 heterocycles. The Morgan fingerprint density at radius 1 is 0.435 bits per heavy atom. The van der Waals surface area contributed by atoms with Crippen molar-refractivity contribution in [2.45, 2.75) is 117 Å². The van der Waals surface area contributed by atoms with Crippen LogP contribution >= 0.6 is 0 Å². The summed E-state index contributed by atoms with van der Waals surface area (Å²) in [4.78, 5) is 0. The van der Waals surface area contributed by atoms with Crippen LogP contribution in [-0.4, -0.2) is 13.1 Å². The van der Waals surface area contributed by atoms with Crippen molar-refractivity contribution < 1.29 is 9.41 Å². The van der Waals surface area contributed by atoms with E-state index in [9.17, 15) is 0 Å². The molecule has 0 fully saturated rings. The Hall–Kier alpha value is -0.180. The molecular weight excluding hydrogens is 292 g/mol. The smallest absolute Gasteiger partial charge is 0.00490 e. The van der Waals surface area contributed by atoms with E-state index >= 15 is 0 Å². The van der Waals surface area contributed by atoms with Gasteiger partial charge in [0.15, 0.2) is 0 Å². The van der Waals surface area contributed by atoms with Gasteiger partial charge < -0.3 is 5.32 Å². The molecule has 0 spiro atoms. The van der Waals surface area contributed by atoms with Crippen LogP contribution in [0, 0.1) is 0 Å². The highest BCUT2D eigenvalue weighted by atomic mass is 19.0. The first kappa shape index (κ1) is 27.7. The van der Waals surface area contributed by atoms with Crippen LogP contribution in [0.5, 0.6) is 0 Å². The van der Waals surface area contributed by atoms with E-state index in [-0.39, 0.29) is 9.41 Å². The Balaban J connectivity index is -0.00000200. The fraction of sp³-hybridized carbons (Fsp3) is 1.00. The van der Waals surface area contributed by atoms with Crippen molar-refractivity contribution in [3.05, 3.63) is 0 Å². The lowest BCUT2D eigenvalue weighted by Crippen LogP contribution is -2.13. The van der Waals surface area contributed by atoms with Crippen molar-refractivity contribution in [1.82, 2.24) is 5.32 Å². The van der Waals surface area contributed by atoms with Gasteiger partial charge in [0.05, 0.1) is 0 Å².